The second-order valence-corrected chi connectivity index (χ2v) is 6.14. The summed E-state index contributed by atoms with van der Waals surface area (Å²) in [6, 6.07) is 4.78. The van der Waals surface area contributed by atoms with Gasteiger partial charge in [-0.1, -0.05) is 12.2 Å². The fourth-order valence-corrected chi connectivity index (χ4v) is 3.07. The molecule has 2 aliphatic rings. The summed E-state index contributed by atoms with van der Waals surface area (Å²) in [5.41, 5.74) is 9.90. The summed E-state index contributed by atoms with van der Waals surface area (Å²) in [5.74, 6) is 0.248. The van der Waals surface area contributed by atoms with Gasteiger partial charge in [-0.15, -0.1) is 0 Å². The van der Waals surface area contributed by atoms with Gasteiger partial charge in [-0.2, -0.15) is 0 Å². The molecule has 2 aliphatic carbocycles. The van der Waals surface area contributed by atoms with Gasteiger partial charge in [0.25, 0.3) is 0 Å². The van der Waals surface area contributed by atoms with Gasteiger partial charge in [0.05, 0.1) is 23.6 Å². The molecule has 4 N–H and O–H groups in total. The van der Waals surface area contributed by atoms with Crippen molar-refractivity contribution in [1.82, 2.24) is 9.55 Å². The summed E-state index contributed by atoms with van der Waals surface area (Å²) in [6.45, 7) is 0.205. The lowest BCUT2D eigenvalue weighted by Gasteiger charge is -2.14. The highest BCUT2D eigenvalue weighted by Crippen LogP contribution is 2.35. The Labute approximate surface area is 123 Å². The van der Waals surface area contributed by atoms with Gasteiger partial charge in [0.1, 0.15) is 5.52 Å². The van der Waals surface area contributed by atoms with Crippen LogP contribution in [0.25, 0.3) is 11.0 Å². The minimum atomic E-state index is 0.205. The fraction of sp³-hybridized carbons (Fsp3) is 0.438. The maximum absolute atomic E-state index is 9.28. The van der Waals surface area contributed by atoms with Crippen LogP contribution < -0.4 is 11.1 Å². The number of benzene rings is 1. The summed E-state index contributed by atoms with van der Waals surface area (Å²) in [4.78, 5) is 4.58. The summed E-state index contributed by atoms with van der Waals surface area (Å²) in [5, 5.41) is 12.8. The molecule has 1 aromatic carbocycles. The molecular weight excluding hydrogens is 264 g/mol. The number of allylic oxidation sites excluding steroid dienone is 1. The number of aliphatic hydroxyl groups is 1. The molecule has 110 valence electrons. The van der Waals surface area contributed by atoms with E-state index in [2.05, 4.69) is 27.0 Å². The Balaban J connectivity index is 1.73. The van der Waals surface area contributed by atoms with Gasteiger partial charge < -0.3 is 20.7 Å². The molecule has 5 heteroatoms. The minimum absolute atomic E-state index is 0.205. The van der Waals surface area contributed by atoms with E-state index < -0.39 is 0 Å². The number of nitrogens with one attached hydrogen (secondary N) is 1. The van der Waals surface area contributed by atoms with E-state index in [4.69, 9.17) is 5.73 Å². The first kappa shape index (κ1) is 12.7. The van der Waals surface area contributed by atoms with Crippen LogP contribution in [0.5, 0.6) is 0 Å². The molecule has 1 aromatic heterocycles. The van der Waals surface area contributed by atoms with E-state index in [0.29, 0.717) is 6.04 Å². The maximum Gasteiger partial charge on any atom is 0.112 e. The van der Waals surface area contributed by atoms with Gasteiger partial charge in [-0.25, -0.2) is 4.98 Å². The number of aliphatic hydroxyl groups excluding tert-OH is 1. The Bertz CT molecular complexity index is 702. The normalized spacial score (nSPS) is 24.8. The zero-order valence-corrected chi connectivity index (χ0v) is 11.9. The van der Waals surface area contributed by atoms with Gasteiger partial charge in [-0.05, 0) is 31.4 Å². The third kappa shape index (κ3) is 2.27. The van der Waals surface area contributed by atoms with Crippen LogP contribution in [0.15, 0.2) is 30.6 Å². The highest BCUT2D eigenvalue weighted by molar-refractivity contribution is 5.92. The Morgan fingerprint density at radius 1 is 1.33 bits per heavy atom. The van der Waals surface area contributed by atoms with Crippen molar-refractivity contribution < 1.29 is 5.11 Å². The largest absolute Gasteiger partial charge is 0.399 e. The van der Waals surface area contributed by atoms with Crippen LogP contribution in [0.4, 0.5) is 11.4 Å². The molecule has 0 spiro atoms. The van der Waals surface area contributed by atoms with Gasteiger partial charge in [0, 0.05) is 24.3 Å². The number of rotatable bonds is 4. The standard InChI is InChI=1S/C16H20N4O/c17-11-6-14(19-12-2-3-12)16-15(7-11)20(9-18-16)13-4-1-10(5-13)8-21/h1,4,6-7,9-10,12-13,19,21H,2-3,5,8,17H2/t10-,13+/m1/s1. The van der Waals surface area contributed by atoms with Gasteiger partial charge in [0.2, 0.25) is 0 Å². The molecule has 0 saturated heterocycles. The number of fused-ring (bicyclic) bond motifs is 1. The highest BCUT2D eigenvalue weighted by Gasteiger charge is 2.24. The Hall–Kier alpha value is -2.01. The maximum atomic E-state index is 9.28. The van der Waals surface area contributed by atoms with Crippen molar-refractivity contribution in [3.05, 3.63) is 30.6 Å². The molecule has 5 nitrogen and oxygen atoms in total. The molecule has 0 radical (unpaired) electrons. The van der Waals surface area contributed by atoms with Crippen LogP contribution in [0, 0.1) is 5.92 Å². The van der Waals surface area contributed by atoms with E-state index in [1.54, 1.807) is 0 Å². The minimum Gasteiger partial charge on any atom is -0.399 e. The number of nitrogens with two attached hydrogens (primary N) is 1. The first-order valence-corrected chi connectivity index (χ1v) is 7.56. The quantitative estimate of drug-likeness (QED) is 0.595. The van der Waals surface area contributed by atoms with Crippen molar-refractivity contribution in [3.63, 3.8) is 0 Å². The highest BCUT2D eigenvalue weighted by atomic mass is 16.3. The zero-order chi connectivity index (χ0) is 14.4. The first-order valence-electron chi connectivity index (χ1n) is 7.56. The molecule has 1 saturated carbocycles. The summed E-state index contributed by atoms with van der Waals surface area (Å²) < 4.78 is 2.16. The molecule has 1 heterocycles. The smallest absolute Gasteiger partial charge is 0.112 e. The monoisotopic (exact) mass is 284 g/mol. The first-order chi connectivity index (χ1) is 10.2. The third-order valence-electron chi connectivity index (χ3n) is 4.38. The average molecular weight is 284 g/mol. The van der Waals surface area contributed by atoms with Crippen LogP contribution in [-0.2, 0) is 0 Å². The number of imidazole rings is 1. The van der Waals surface area contributed by atoms with Crippen LogP contribution in [0.2, 0.25) is 0 Å². The second kappa shape index (κ2) is 4.77. The second-order valence-electron chi connectivity index (χ2n) is 6.14. The van der Waals surface area contributed by atoms with Gasteiger partial charge in [0.15, 0.2) is 0 Å². The van der Waals surface area contributed by atoms with Crippen LogP contribution in [0.1, 0.15) is 25.3 Å². The Morgan fingerprint density at radius 3 is 2.90 bits per heavy atom. The number of nitrogens with zero attached hydrogens (tertiary/aromatic N) is 2. The molecule has 2 aromatic rings. The van der Waals surface area contributed by atoms with E-state index in [0.717, 1.165) is 28.8 Å². The van der Waals surface area contributed by atoms with Crippen LogP contribution >= 0.6 is 0 Å². The number of nitrogen functional groups attached to an aromatic ring is 1. The van der Waals surface area contributed by atoms with Crippen LogP contribution in [-0.4, -0.2) is 27.3 Å². The summed E-state index contributed by atoms with van der Waals surface area (Å²) >= 11 is 0. The molecule has 21 heavy (non-hydrogen) atoms. The van der Waals surface area contributed by atoms with Crippen molar-refractivity contribution in [3.8, 4) is 0 Å². The van der Waals surface area contributed by atoms with E-state index in [1.807, 2.05) is 18.5 Å². The number of anilines is 2. The van der Waals surface area contributed by atoms with Gasteiger partial charge in [-0.3, -0.25) is 0 Å². The average Bonchev–Trinajstić information content (AvgIpc) is 3.01. The van der Waals surface area contributed by atoms with E-state index >= 15 is 0 Å². The van der Waals surface area contributed by atoms with Crippen molar-refractivity contribution >= 4 is 22.4 Å². The van der Waals surface area contributed by atoms with E-state index in [-0.39, 0.29) is 18.6 Å². The lowest BCUT2D eigenvalue weighted by molar-refractivity contribution is 0.244. The molecule has 4 rings (SSSR count). The van der Waals surface area contributed by atoms with Crippen LogP contribution in [0.3, 0.4) is 0 Å². The summed E-state index contributed by atoms with van der Waals surface area (Å²) in [7, 11) is 0. The topological polar surface area (TPSA) is 76.1 Å². The molecular formula is C16H20N4O. The predicted molar refractivity (Wildman–Crippen MR) is 84.2 cm³/mol. The van der Waals surface area contributed by atoms with Crippen molar-refractivity contribution in [2.75, 3.05) is 17.7 Å². The number of hydrogen-bond acceptors (Lipinski definition) is 4. The number of hydrogen-bond donors (Lipinski definition) is 3. The summed E-state index contributed by atoms with van der Waals surface area (Å²) in [6.07, 6.45) is 9.49. The lowest BCUT2D eigenvalue weighted by Crippen LogP contribution is -2.07. The third-order valence-corrected chi connectivity index (χ3v) is 4.38. The number of aromatic nitrogens is 2. The predicted octanol–water partition coefficient (Wildman–Crippen LogP) is 2.30. The molecule has 0 bridgehead atoms. The zero-order valence-electron chi connectivity index (χ0n) is 11.9. The van der Waals surface area contributed by atoms with Crippen molar-refractivity contribution in [2.24, 2.45) is 5.92 Å². The molecule has 0 amide bonds. The van der Waals surface area contributed by atoms with E-state index in [1.165, 1.54) is 12.8 Å². The SMILES string of the molecule is Nc1cc(NC2CC2)c2ncn([C@H]3C=C[C@@H](CO)C3)c2c1. The fourth-order valence-electron chi connectivity index (χ4n) is 3.07. The molecule has 2 atom stereocenters. The van der Waals surface area contributed by atoms with Crippen molar-refractivity contribution in [2.45, 2.75) is 31.3 Å². The Morgan fingerprint density at radius 2 is 2.19 bits per heavy atom. The lowest BCUT2D eigenvalue weighted by atomic mass is 10.1. The van der Waals surface area contributed by atoms with Gasteiger partial charge >= 0.3 is 0 Å². The van der Waals surface area contributed by atoms with Crippen molar-refractivity contribution in [1.29, 1.82) is 0 Å². The molecule has 0 aliphatic heterocycles. The van der Waals surface area contributed by atoms with E-state index in [9.17, 15) is 5.11 Å². The molecule has 0 unspecified atom stereocenters. The Kier molecular flexibility index (Phi) is 2.89. The molecule has 1 fully saturated rings.